The number of nitrogens with zero attached hydrogens (tertiary/aromatic N) is 5. The SMILES string of the molecule is CCC(C)OC(=O)c1c(NC(=O)c2cnn3c(-c4cn(CC)nc4C)ccnc23)sc2c1CCCC2. The second-order valence-corrected chi connectivity index (χ2v) is 10.2. The summed E-state index contributed by atoms with van der Waals surface area (Å²) in [6.45, 7) is 8.59. The van der Waals surface area contributed by atoms with E-state index in [-0.39, 0.29) is 18.0 Å². The van der Waals surface area contributed by atoms with Crippen LogP contribution in [0.4, 0.5) is 5.00 Å². The second kappa shape index (κ2) is 9.85. The third-order valence-corrected chi connectivity index (χ3v) is 7.89. The summed E-state index contributed by atoms with van der Waals surface area (Å²) >= 11 is 1.47. The van der Waals surface area contributed by atoms with E-state index in [1.54, 1.807) is 10.7 Å². The number of aryl methyl sites for hydroxylation is 3. The standard InChI is InChI=1S/C26H30N6O3S/c1-5-15(3)35-26(34)22-17-9-7-8-10-21(17)36-25(22)29-24(33)18-13-28-32-20(11-12-27-23(18)32)19-14-31(6-2)30-16(19)4/h11-15H,5-10H2,1-4H3,(H,29,33). The van der Waals surface area contributed by atoms with Gasteiger partial charge in [0.2, 0.25) is 0 Å². The molecule has 0 aliphatic heterocycles. The molecule has 0 saturated heterocycles. The number of fused-ring (bicyclic) bond motifs is 2. The molecule has 0 bridgehead atoms. The largest absolute Gasteiger partial charge is 0.459 e. The van der Waals surface area contributed by atoms with E-state index in [0.717, 1.165) is 66.0 Å². The maximum absolute atomic E-state index is 13.5. The molecule has 188 valence electrons. The lowest BCUT2D eigenvalue weighted by atomic mass is 9.95. The van der Waals surface area contributed by atoms with Gasteiger partial charge in [-0.2, -0.15) is 10.2 Å². The van der Waals surface area contributed by atoms with Gasteiger partial charge in [-0.05, 0) is 64.5 Å². The Morgan fingerprint density at radius 1 is 1.25 bits per heavy atom. The van der Waals surface area contributed by atoms with Crippen LogP contribution < -0.4 is 5.32 Å². The third-order valence-electron chi connectivity index (χ3n) is 6.68. The van der Waals surface area contributed by atoms with E-state index in [1.807, 2.05) is 44.6 Å². The lowest BCUT2D eigenvalue weighted by Crippen LogP contribution is -2.19. The van der Waals surface area contributed by atoms with Crippen LogP contribution >= 0.6 is 11.3 Å². The highest BCUT2D eigenvalue weighted by Crippen LogP contribution is 2.39. The maximum atomic E-state index is 13.5. The number of thiophene rings is 1. The highest BCUT2D eigenvalue weighted by Gasteiger charge is 2.29. The van der Waals surface area contributed by atoms with Gasteiger partial charge in [0.05, 0.1) is 29.3 Å². The maximum Gasteiger partial charge on any atom is 0.341 e. The molecule has 0 saturated carbocycles. The van der Waals surface area contributed by atoms with Crippen molar-refractivity contribution in [3.63, 3.8) is 0 Å². The Bertz CT molecular complexity index is 1450. The summed E-state index contributed by atoms with van der Waals surface area (Å²) in [5.41, 5.74) is 4.90. The molecule has 4 aromatic heterocycles. The topological polar surface area (TPSA) is 103 Å². The zero-order chi connectivity index (χ0) is 25.4. The number of ether oxygens (including phenoxy) is 1. The molecule has 10 heteroatoms. The number of esters is 1. The molecular formula is C26H30N6O3S. The average Bonchev–Trinajstić information content (AvgIpc) is 3.57. The number of carbonyl (C=O) groups is 2. The minimum Gasteiger partial charge on any atom is -0.459 e. The van der Waals surface area contributed by atoms with Crippen molar-refractivity contribution in [3.8, 4) is 11.3 Å². The number of anilines is 1. The van der Waals surface area contributed by atoms with E-state index in [9.17, 15) is 9.59 Å². The Morgan fingerprint density at radius 3 is 2.81 bits per heavy atom. The quantitative estimate of drug-likeness (QED) is 0.351. The molecule has 0 radical (unpaired) electrons. The van der Waals surface area contributed by atoms with Gasteiger partial charge >= 0.3 is 5.97 Å². The number of amides is 1. The van der Waals surface area contributed by atoms with Crippen LogP contribution in [0.2, 0.25) is 0 Å². The Kier molecular flexibility index (Phi) is 6.61. The summed E-state index contributed by atoms with van der Waals surface area (Å²) < 4.78 is 9.19. The van der Waals surface area contributed by atoms with Crippen LogP contribution in [0.5, 0.6) is 0 Å². The van der Waals surface area contributed by atoms with Crippen LogP contribution in [0.3, 0.4) is 0 Å². The molecular weight excluding hydrogens is 476 g/mol. The molecule has 0 spiro atoms. The average molecular weight is 507 g/mol. The van der Waals surface area contributed by atoms with Crippen LogP contribution in [-0.4, -0.2) is 42.4 Å². The molecule has 1 aliphatic carbocycles. The number of nitrogens with one attached hydrogen (secondary N) is 1. The smallest absolute Gasteiger partial charge is 0.341 e. The molecule has 1 N–H and O–H groups in total. The van der Waals surface area contributed by atoms with Crippen molar-refractivity contribution >= 4 is 33.9 Å². The number of aromatic nitrogens is 5. The molecule has 4 heterocycles. The Morgan fingerprint density at radius 2 is 2.06 bits per heavy atom. The van der Waals surface area contributed by atoms with E-state index in [1.165, 1.54) is 17.5 Å². The highest BCUT2D eigenvalue weighted by atomic mass is 32.1. The number of rotatable bonds is 7. The van der Waals surface area contributed by atoms with Gasteiger partial charge in [-0.25, -0.2) is 14.3 Å². The first-order chi connectivity index (χ1) is 17.4. The van der Waals surface area contributed by atoms with Gasteiger partial charge in [0.1, 0.15) is 10.6 Å². The zero-order valence-corrected chi connectivity index (χ0v) is 21.8. The van der Waals surface area contributed by atoms with Crippen molar-refractivity contribution in [2.24, 2.45) is 0 Å². The van der Waals surface area contributed by atoms with Crippen molar-refractivity contribution in [1.29, 1.82) is 0 Å². The summed E-state index contributed by atoms with van der Waals surface area (Å²) in [6, 6.07) is 1.86. The number of hydrogen-bond acceptors (Lipinski definition) is 7. The summed E-state index contributed by atoms with van der Waals surface area (Å²) in [7, 11) is 0. The first-order valence-electron chi connectivity index (χ1n) is 12.4. The second-order valence-electron chi connectivity index (χ2n) is 9.10. The van der Waals surface area contributed by atoms with Gasteiger partial charge in [0, 0.05) is 29.4 Å². The fourth-order valence-corrected chi connectivity index (χ4v) is 5.82. The zero-order valence-electron chi connectivity index (χ0n) is 21.0. The van der Waals surface area contributed by atoms with Crippen molar-refractivity contribution in [2.45, 2.75) is 72.4 Å². The molecule has 0 aromatic carbocycles. The predicted octanol–water partition coefficient (Wildman–Crippen LogP) is 5.07. The summed E-state index contributed by atoms with van der Waals surface area (Å²) in [5, 5.41) is 12.5. The van der Waals surface area contributed by atoms with Gasteiger partial charge in [-0.3, -0.25) is 9.48 Å². The van der Waals surface area contributed by atoms with Crippen LogP contribution in [0.15, 0.2) is 24.7 Å². The van der Waals surface area contributed by atoms with Crippen LogP contribution in [0.1, 0.15) is 76.9 Å². The predicted molar refractivity (Wildman–Crippen MR) is 139 cm³/mol. The van der Waals surface area contributed by atoms with Gasteiger partial charge in [0.15, 0.2) is 5.65 Å². The van der Waals surface area contributed by atoms with Crippen molar-refractivity contribution in [3.05, 3.63) is 51.9 Å². The Hall–Kier alpha value is -3.53. The summed E-state index contributed by atoms with van der Waals surface area (Å²) in [4.78, 5) is 32.2. The van der Waals surface area contributed by atoms with Crippen LogP contribution in [0, 0.1) is 6.92 Å². The van der Waals surface area contributed by atoms with Gasteiger partial charge in [-0.1, -0.05) is 6.92 Å². The number of hydrogen-bond donors (Lipinski definition) is 1. The third kappa shape index (κ3) is 4.30. The van der Waals surface area contributed by atoms with E-state index in [2.05, 4.69) is 20.5 Å². The Balaban J connectivity index is 1.50. The monoisotopic (exact) mass is 506 g/mol. The minimum atomic E-state index is -0.372. The van der Waals surface area contributed by atoms with Crippen LogP contribution in [0.25, 0.3) is 16.9 Å². The fourth-order valence-electron chi connectivity index (χ4n) is 4.55. The lowest BCUT2D eigenvalue weighted by Gasteiger charge is -2.15. The van der Waals surface area contributed by atoms with Gasteiger partial charge in [-0.15, -0.1) is 11.3 Å². The van der Waals surface area contributed by atoms with Crippen molar-refractivity contribution in [2.75, 3.05) is 5.32 Å². The van der Waals surface area contributed by atoms with Gasteiger partial charge in [0.25, 0.3) is 5.91 Å². The normalized spacial score (nSPS) is 14.0. The molecule has 9 nitrogen and oxygen atoms in total. The molecule has 36 heavy (non-hydrogen) atoms. The van der Waals surface area contributed by atoms with E-state index < -0.39 is 0 Å². The molecule has 4 aromatic rings. The van der Waals surface area contributed by atoms with E-state index >= 15 is 0 Å². The summed E-state index contributed by atoms with van der Waals surface area (Å²) in [6.07, 6.45) is 9.53. The molecule has 1 aliphatic rings. The first-order valence-corrected chi connectivity index (χ1v) is 13.3. The summed E-state index contributed by atoms with van der Waals surface area (Å²) in [5.74, 6) is -0.727. The Labute approximate surface area is 213 Å². The molecule has 0 fully saturated rings. The molecule has 1 unspecified atom stereocenters. The van der Waals surface area contributed by atoms with Gasteiger partial charge < -0.3 is 10.1 Å². The van der Waals surface area contributed by atoms with Crippen molar-refractivity contribution < 1.29 is 14.3 Å². The lowest BCUT2D eigenvalue weighted by molar-refractivity contribution is 0.0335. The van der Waals surface area contributed by atoms with E-state index in [4.69, 9.17) is 4.74 Å². The fraction of sp³-hybridized carbons (Fsp3) is 0.423. The first kappa shape index (κ1) is 24.2. The molecule has 1 atom stereocenters. The molecule has 1 amide bonds. The molecule has 5 rings (SSSR count). The number of carbonyl (C=O) groups excluding carboxylic acids is 2. The minimum absolute atomic E-state index is 0.192. The van der Waals surface area contributed by atoms with E-state index in [0.29, 0.717) is 21.8 Å². The van der Waals surface area contributed by atoms with Crippen molar-refractivity contribution in [1.82, 2.24) is 24.4 Å². The van der Waals surface area contributed by atoms with Crippen LogP contribution in [-0.2, 0) is 24.1 Å². The highest BCUT2D eigenvalue weighted by molar-refractivity contribution is 7.17.